The van der Waals surface area contributed by atoms with Gasteiger partial charge in [-0.3, -0.25) is 9.59 Å². The largest absolute Gasteiger partial charge is 0.469 e. The molecular weight excluding hydrogens is 294 g/mol. The first kappa shape index (κ1) is 17.5. The fourth-order valence-electron chi connectivity index (χ4n) is 1.91. The lowest BCUT2D eigenvalue weighted by atomic mass is 10.1. The van der Waals surface area contributed by atoms with E-state index >= 15 is 0 Å². The van der Waals surface area contributed by atoms with E-state index < -0.39 is 5.92 Å². The quantitative estimate of drug-likeness (QED) is 0.724. The Bertz CT molecular complexity index is 492. The minimum Gasteiger partial charge on any atom is -0.469 e. The fourth-order valence-corrected chi connectivity index (χ4v) is 2.10. The lowest BCUT2D eigenvalue weighted by molar-refractivity contribution is -0.147. The van der Waals surface area contributed by atoms with Crippen LogP contribution in [0.2, 0.25) is 5.02 Å². The van der Waals surface area contributed by atoms with Gasteiger partial charge in [-0.1, -0.05) is 36.7 Å². The van der Waals surface area contributed by atoms with Gasteiger partial charge in [0.1, 0.15) is 6.61 Å². The summed E-state index contributed by atoms with van der Waals surface area (Å²) in [5.74, 6) is -0.976. The second kappa shape index (κ2) is 8.64. The van der Waals surface area contributed by atoms with Crippen LogP contribution in [0, 0.1) is 5.92 Å². The lowest BCUT2D eigenvalue weighted by Crippen LogP contribution is -2.38. The summed E-state index contributed by atoms with van der Waals surface area (Å²) >= 11 is 6.12. The number of amides is 1. The highest BCUT2D eigenvalue weighted by Crippen LogP contribution is 2.18. The minimum absolute atomic E-state index is 0.0433. The summed E-state index contributed by atoms with van der Waals surface area (Å²) < 4.78 is 9.57. The van der Waals surface area contributed by atoms with Crippen LogP contribution in [0.3, 0.4) is 0 Å². The number of rotatable bonds is 7. The molecule has 21 heavy (non-hydrogen) atoms. The summed E-state index contributed by atoms with van der Waals surface area (Å²) in [6, 6.07) is 7.28. The molecule has 0 aromatic heterocycles. The van der Waals surface area contributed by atoms with Crippen molar-refractivity contribution in [2.75, 3.05) is 27.4 Å². The first-order valence-electron chi connectivity index (χ1n) is 6.57. The number of halogens is 1. The Balaban J connectivity index is 2.85. The molecule has 0 aliphatic rings. The predicted molar refractivity (Wildman–Crippen MR) is 79.9 cm³/mol. The summed E-state index contributed by atoms with van der Waals surface area (Å²) in [5, 5.41) is 0.582. The number of ether oxygens (including phenoxy) is 2. The number of hydrogen-bond donors (Lipinski definition) is 0. The third-order valence-electron chi connectivity index (χ3n) is 3.04. The summed E-state index contributed by atoms with van der Waals surface area (Å²) in [6.07, 6.45) is 0. The minimum atomic E-state index is -0.418. The van der Waals surface area contributed by atoms with Crippen molar-refractivity contribution in [3.8, 4) is 0 Å². The standard InChI is InChI=1S/C15H20ClNO4/c1-11(15(19)21-3)8-17(14(18)10-20-2)9-12-6-4-5-7-13(12)16/h4-7,11H,8-10H2,1-3H3. The molecule has 0 spiro atoms. The monoisotopic (exact) mass is 313 g/mol. The molecule has 0 aliphatic heterocycles. The van der Waals surface area contributed by atoms with Gasteiger partial charge in [0, 0.05) is 25.2 Å². The van der Waals surface area contributed by atoms with Crippen LogP contribution in [-0.4, -0.2) is 44.1 Å². The van der Waals surface area contributed by atoms with Crippen LogP contribution in [0.25, 0.3) is 0 Å². The maximum absolute atomic E-state index is 12.1. The number of esters is 1. The molecule has 5 nitrogen and oxygen atoms in total. The van der Waals surface area contributed by atoms with Crippen molar-refractivity contribution in [2.45, 2.75) is 13.5 Å². The maximum atomic E-state index is 12.1. The van der Waals surface area contributed by atoms with Crippen LogP contribution in [-0.2, 0) is 25.6 Å². The number of methoxy groups -OCH3 is 2. The lowest BCUT2D eigenvalue weighted by Gasteiger charge is -2.25. The van der Waals surface area contributed by atoms with E-state index in [2.05, 4.69) is 0 Å². The van der Waals surface area contributed by atoms with E-state index in [-0.39, 0.29) is 25.0 Å². The van der Waals surface area contributed by atoms with Crippen molar-refractivity contribution in [3.05, 3.63) is 34.9 Å². The molecule has 116 valence electrons. The first-order valence-corrected chi connectivity index (χ1v) is 6.95. The second-order valence-electron chi connectivity index (χ2n) is 4.72. The molecule has 0 bridgehead atoms. The van der Waals surface area contributed by atoms with E-state index in [4.69, 9.17) is 21.1 Å². The number of carbonyl (C=O) groups excluding carboxylic acids is 2. The zero-order valence-electron chi connectivity index (χ0n) is 12.5. The Labute approximate surface area is 129 Å². The van der Waals surface area contributed by atoms with Crippen LogP contribution in [0.4, 0.5) is 0 Å². The van der Waals surface area contributed by atoms with Gasteiger partial charge in [0.2, 0.25) is 5.91 Å². The molecule has 6 heteroatoms. The van der Waals surface area contributed by atoms with Gasteiger partial charge in [-0.2, -0.15) is 0 Å². The Morgan fingerprint density at radius 3 is 2.52 bits per heavy atom. The van der Waals surface area contributed by atoms with Gasteiger partial charge >= 0.3 is 5.97 Å². The van der Waals surface area contributed by atoms with Gasteiger partial charge in [-0.05, 0) is 11.6 Å². The Morgan fingerprint density at radius 1 is 1.29 bits per heavy atom. The zero-order valence-corrected chi connectivity index (χ0v) is 13.2. The van der Waals surface area contributed by atoms with Crippen molar-refractivity contribution in [1.29, 1.82) is 0 Å². The third kappa shape index (κ3) is 5.36. The van der Waals surface area contributed by atoms with Crippen molar-refractivity contribution >= 4 is 23.5 Å². The van der Waals surface area contributed by atoms with Crippen LogP contribution < -0.4 is 0 Å². The molecule has 1 amide bonds. The van der Waals surface area contributed by atoms with Crippen LogP contribution in [0.15, 0.2) is 24.3 Å². The molecule has 1 rings (SSSR count). The molecule has 0 radical (unpaired) electrons. The van der Waals surface area contributed by atoms with Crippen molar-refractivity contribution in [3.63, 3.8) is 0 Å². The van der Waals surface area contributed by atoms with Gasteiger partial charge in [0.05, 0.1) is 13.0 Å². The highest BCUT2D eigenvalue weighted by atomic mass is 35.5. The number of benzene rings is 1. The molecule has 1 unspecified atom stereocenters. The molecule has 1 aromatic carbocycles. The first-order chi connectivity index (χ1) is 9.99. The van der Waals surface area contributed by atoms with E-state index in [0.717, 1.165) is 5.56 Å². The van der Waals surface area contributed by atoms with Gasteiger partial charge in [0.15, 0.2) is 0 Å². The average molecular weight is 314 g/mol. The van der Waals surface area contributed by atoms with Crippen molar-refractivity contribution in [1.82, 2.24) is 4.90 Å². The summed E-state index contributed by atoms with van der Waals surface area (Å²) in [6.45, 7) is 2.24. The van der Waals surface area contributed by atoms with E-state index in [1.165, 1.54) is 14.2 Å². The summed E-state index contributed by atoms with van der Waals surface area (Å²) in [5.41, 5.74) is 0.820. The van der Waals surface area contributed by atoms with E-state index in [1.807, 2.05) is 18.2 Å². The normalized spacial score (nSPS) is 11.8. The fraction of sp³-hybridized carbons (Fsp3) is 0.467. The number of hydrogen-bond acceptors (Lipinski definition) is 4. The molecule has 0 heterocycles. The molecule has 1 atom stereocenters. The summed E-state index contributed by atoms with van der Waals surface area (Å²) in [7, 11) is 2.78. The molecule has 0 fully saturated rings. The zero-order chi connectivity index (χ0) is 15.8. The smallest absolute Gasteiger partial charge is 0.310 e. The second-order valence-corrected chi connectivity index (χ2v) is 5.13. The SMILES string of the molecule is COCC(=O)N(Cc1ccccc1Cl)CC(C)C(=O)OC. The van der Waals surface area contributed by atoms with E-state index in [1.54, 1.807) is 17.9 Å². The van der Waals surface area contributed by atoms with Gasteiger partial charge in [-0.25, -0.2) is 0 Å². The third-order valence-corrected chi connectivity index (χ3v) is 3.41. The highest BCUT2D eigenvalue weighted by molar-refractivity contribution is 6.31. The summed E-state index contributed by atoms with van der Waals surface area (Å²) in [4.78, 5) is 25.2. The Hall–Kier alpha value is -1.59. The topological polar surface area (TPSA) is 55.8 Å². The van der Waals surface area contributed by atoms with Crippen molar-refractivity contribution < 1.29 is 19.1 Å². The van der Waals surface area contributed by atoms with Gasteiger partial charge in [0.25, 0.3) is 0 Å². The van der Waals surface area contributed by atoms with Gasteiger partial charge in [-0.15, -0.1) is 0 Å². The predicted octanol–water partition coefficient (Wildman–Crippen LogP) is 2.12. The molecule has 1 aromatic rings. The van der Waals surface area contributed by atoms with Crippen LogP contribution in [0.5, 0.6) is 0 Å². The van der Waals surface area contributed by atoms with E-state index in [9.17, 15) is 9.59 Å². The Kier molecular flexibility index (Phi) is 7.19. The molecule has 0 aliphatic carbocycles. The van der Waals surface area contributed by atoms with Crippen LogP contribution in [0.1, 0.15) is 12.5 Å². The maximum Gasteiger partial charge on any atom is 0.310 e. The van der Waals surface area contributed by atoms with E-state index in [0.29, 0.717) is 11.6 Å². The molecular formula is C15H20ClNO4. The highest BCUT2D eigenvalue weighted by Gasteiger charge is 2.22. The molecule has 0 saturated carbocycles. The number of carbonyl (C=O) groups is 2. The molecule has 0 saturated heterocycles. The van der Waals surface area contributed by atoms with Crippen LogP contribution >= 0.6 is 11.6 Å². The van der Waals surface area contributed by atoms with Gasteiger partial charge < -0.3 is 14.4 Å². The number of nitrogens with zero attached hydrogens (tertiary/aromatic N) is 1. The average Bonchev–Trinajstić information content (AvgIpc) is 2.47. The Morgan fingerprint density at radius 2 is 1.95 bits per heavy atom. The van der Waals surface area contributed by atoms with Crippen molar-refractivity contribution in [2.24, 2.45) is 5.92 Å². The molecule has 0 N–H and O–H groups in total.